The molecule has 1 aromatic heterocycles. The fourth-order valence-corrected chi connectivity index (χ4v) is 2.78. The molecule has 0 aliphatic heterocycles. The van der Waals surface area contributed by atoms with Gasteiger partial charge < -0.3 is 9.52 Å². The summed E-state index contributed by atoms with van der Waals surface area (Å²) in [6.45, 7) is 4.32. The molecule has 0 fully saturated rings. The molecule has 2 rings (SSSR count). The molecule has 1 atom stereocenters. The molecule has 6 heteroatoms. The largest absolute Gasteiger partial charge is 0.480 e. The lowest BCUT2D eigenvalue weighted by molar-refractivity contribution is -0.140. The smallest absolute Gasteiger partial charge is 0.320 e. The molecule has 124 valence electrons. The van der Waals surface area contributed by atoms with Crippen LogP contribution in [0.5, 0.6) is 0 Å². The first-order valence-electron chi connectivity index (χ1n) is 7.37. The van der Waals surface area contributed by atoms with Crippen LogP contribution in [0.1, 0.15) is 26.0 Å². The van der Waals surface area contributed by atoms with Crippen LogP contribution >= 0.6 is 23.2 Å². The van der Waals surface area contributed by atoms with Crippen molar-refractivity contribution in [3.63, 3.8) is 0 Å². The number of rotatable bonds is 7. The fourth-order valence-electron chi connectivity index (χ4n) is 2.27. The van der Waals surface area contributed by atoms with Crippen molar-refractivity contribution in [3.8, 4) is 11.3 Å². The first-order valence-corrected chi connectivity index (χ1v) is 8.12. The van der Waals surface area contributed by atoms with Crippen molar-refractivity contribution >= 4 is 29.2 Å². The maximum atomic E-state index is 11.2. The summed E-state index contributed by atoms with van der Waals surface area (Å²) in [7, 11) is 0. The Morgan fingerprint density at radius 1 is 1.26 bits per heavy atom. The molecule has 0 saturated heterocycles. The van der Waals surface area contributed by atoms with Crippen LogP contribution < -0.4 is 5.32 Å². The van der Waals surface area contributed by atoms with Gasteiger partial charge in [0.1, 0.15) is 17.6 Å². The van der Waals surface area contributed by atoms with Crippen LogP contribution in [0.25, 0.3) is 11.3 Å². The maximum Gasteiger partial charge on any atom is 0.320 e. The molecular formula is C17H19Cl2NO3. The highest BCUT2D eigenvalue weighted by atomic mass is 35.5. The Morgan fingerprint density at radius 2 is 2.00 bits per heavy atom. The van der Waals surface area contributed by atoms with Gasteiger partial charge in [0.05, 0.1) is 11.6 Å². The molecule has 1 aromatic carbocycles. The molecule has 0 bridgehead atoms. The van der Waals surface area contributed by atoms with Crippen LogP contribution in [-0.2, 0) is 11.3 Å². The minimum Gasteiger partial charge on any atom is -0.480 e. The summed E-state index contributed by atoms with van der Waals surface area (Å²) in [6, 6.07) is 8.21. The third-order valence-electron chi connectivity index (χ3n) is 3.39. The lowest BCUT2D eigenvalue weighted by atomic mass is 10.0. The third kappa shape index (κ3) is 4.99. The van der Waals surface area contributed by atoms with E-state index in [9.17, 15) is 9.90 Å². The van der Waals surface area contributed by atoms with Gasteiger partial charge in [0.25, 0.3) is 0 Å². The van der Waals surface area contributed by atoms with Gasteiger partial charge >= 0.3 is 5.97 Å². The van der Waals surface area contributed by atoms with Crippen LogP contribution in [0.2, 0.25) is 10.0 Å². The topological polar surface area (TPSA) is 62.5 Å². The number of carbonyl (C=O) groups is 1. The summed E-state index contributed by atoms with van der Waals surface area (Å²) in [6.07, 6.45) is 0.561. The highest BCUT2D eigenvalue weighted by Gasteiger charge is 2.19. The summed E-state index contributed by atoms with van der Waals surface area (Å²) in [5.41, 5.74) is 0.749. The third-order valence-corrected chi connectivity index (χ3v) is 3.93. The molecular weight excluding hydrogens is 337 g/mol. The number of halogens is 2. The lowest BCUT2D eigenvalue weighted by Crippen LogP contribution is -2.37. The van der Waals surface area contributed by atoms with Crippen LogP contribution in [0, 0.1) is 5.92 Å². The molecule has 0 radical (unpaired) electrons. The summed E-state index contributed by atoms with van der Waals surface area (Å²) in [5.74, 6) is 0.718. The van der Waals surface area contributed by atoms with Crippen molar-refractivity contribution in [3.05, 3.63) is 46.1 Å². The second kappa shape index (κ2) is 7.86. The van der Waals surface area contributed by atoms with Gasteiger partial charge in [-0.15, -0.1) is 0 Å². The Morgan fingerprint density at radius 3 is 2.61 bits per heavy atom. The summed E-state index contributed by atoms with van der Waals surface area (Å²) in [4.78, 5) is 11.2. The van der Waals surface area contributed by atoms with Gasteiger partial charge in [-0.25, -0.2) is 0 Å². The number of hydrogen-bond donors (Lipinski definition) is 2. The quantitative estimate of drug-likeness (QED) is 0.745. The average molecular weight is 356 g/mol. The Balaban J connectivity index is 2.06. The lowest BCUT2D eigenvalue weighted by Gasteiger charge is -2.15. The molecule has 0 saturated carbocycles. The van der Waals surface area contributed by atoms with Crippen LogP contribution in [0.3, 0.4) is 0 Å². The van der Waals surface area contributed by atoms with Gasteiger partial charge in [0.15, 0.2) is 0 Å². The van der Waals surface area contributed by atoms with Gasteiger partial charge in [-0.2, -0.15) is 0 Å². The van der Waals surface area contributed by atoms with E-state index in [1.54, 1.807) is 18.2 Å². The van der Waals surface area contributed by atoms with Gasteiger partial charge in [-0.05, 0) is 42.7 Å². The predicted octanol–water partition coefficient (Wildman–Crippen LogP) is 4.84. The zero-order valence-electron chi connectivity index (χ0n) is 13.0. The zero-order valence-corrected chi connectivity index (χ0v) is 14.5. The van der Waals surface area contributed by atoms with Gasteiger partial charge in [-0.3, -0.25) is 10.1 Å². The van der Waals surface area contributed by atoms with Crippen LogP contribution in [0.15, 0.2) is 34.7 Å². The van der Waals surface area contributed by atoms with Crippen LogP contribution in [0.4, 0.5) is 0 Å². The van der Waals surface area contributed by atoms with E-state index in [4.69, 9.17) is 27.6 Å². The first-order chi connectivity index (χ1) is 10.9. The molecule has 2 aromatic rings. The monoisotopic (exact) mass is 355 g/mol. The first kappa shape index (κ1) is 17.9. The molecule has 1 unspecified atom stereocenters. The Labute approximate surface area is 145 Å². The molecule has 4 nitrogen and oxygen atoms in total. The SMILES string of the molecule is CC(C)CC(NCc1ccc(-c2ccc(Cl)cc2Cl)o1)C(=O)O. The second-order valence-electron chi connectivity index (χ2n) is 5.79. The van der Waals surface area contributed by atoms with Crippen molar-refractivity contribution in [2.24, 2.45) is 5.92 Å². The van der Waals surface area contributed by atoms with Crippen molar-refractivity contribution in [1.29, 1.82) is 0 Å². The summed E-state index contributed by atoms with van der Waals surface area (Å²) in [5, 5.41) is 13.3. The second-order valence-corrected chi connectivity index (χ2v) is 6.64. The minimum atomic E-state index is -0.855. The van der Waals surface area contributed by atoms with E-state index in [2.05, 4.69) is 5.32 Å². The van der Waals surface area contributed by atoms with E-state index >= 15 is 0 Å². The summed E-state index contributed by atoms with van der Waals surface area (Å²) < 4.78 is 5.74. The van der Waals surface area contributed by atoms with E-state index in [0.29, 0.717) is 40.4 Å². The van der Waals surface area contributed by atoms with Gasteiger partial charge in [0, 0.05) is 10.6 Å². The molecule has 0 aliphatic rings. The van der Waals surface area contributed by atoms with Crippen LogP contribution in [-0.4, -0.2) is 17.1 Å². The van der Waals surface area contributed by atoms with E-state index in [1.165, 1.54) is 0 Å². The van der Waals surface area contributed by atoms with E-state index in [0.717, 1.165) is 5.56 Å². The molecule has 0 spiro atoms. The minimum absolute atomic E-state index is 0.295. The number of furan rings is 1. The van der Waals surface area contributed by atoms with Gasteiger partial charge in [-0.1, -0.05) is 37.0 Å². The van der Waals surface area contributed by atoms with Crippen molar-refractivity contribution in [2.75, 3.05) is 0 Å². The zero-order chi connectivity index (χ0) is 17.0. The molecule has 0 aliphatic carbocycles. The number of carboxylic acids is 1. The van der Waals surface area contributed by atoms with E-state index in [1.807, 2.05) is 26.0 Å². The number of aliphatic carboxylic acids is 1. The maximum absolute atomic E-state index is 11.2. The number of hydrogen-bond acceptors (Lipinski definition) is 3. The normalized spacial score (nSPS) is 12.6. The number of nitrogens with one attached hydrogen (secondary N) is 1. The standard InChI is InChI=1S/C17H19Cl2NO3/c1-10(2)7-15(17(21)22)20-9-12-4-6-16(23-12)13-5-3-11(18)8-14(13)19/h3-6,8,10,15,20H,7,9H2,1-2H3,(H,21,22). The summed E-state index contributed by atoms with van der Waals surface area (Å²) >= 11 is 12.0. The fraction of sp³-hybridized carbons (Fsp3) is 0.353. The molecule has 2 N–H and O–H groups in total. The highest BCUT2D eigenvalue weighted by Crippen LogP contribution is 2.31. The molecule has 0 amide bonds. The Kier molecular flexibility index (Phi) is 6.10. The van der Waals surface area contributed by atoms with Crippen molar-refractivity contribution in [2.45, 2.75) is 32.9 Å². The van der Waals surface area contributed by atoms with Crippen molar-refractivity contribution in [1.82, 2.24) is 5.32 Å². The highest BCUT2D eigenvalue weighted by molar-refractivity contribution is 6.36. The molecule has 1 heterocycles. The molecule has 23 heavy (non-hydrogen) atoms. The number of carboxylic acid groups (broad SMARTS) is 1. The Bertz CT molecular complexity index is 682. The average Bonchev–Trinajstić information content (AvgIpc) is 2.91. The van der Waals surface area contributed by atoms with E-state index < -0.39 is 12.0 Å². The van der Waals surface area contributed by atoms with E-state index in [-0.39, 0.29) is 0 Å². The van der Waals surface area contributed by atoms with Gasteiger partial charge in [0.2, 0.25) is 0 Å². The van der Waals surface area contributed by atoms with Crippen molar-refractivity contribution < 1.29 is 14.3 Å². The Hall–Kier alpha value is -1.49. The number of benzene rings is 1. The predicted molar refractivity (Wildman–Crippen MR) is 91.9 cm³/mol.